The summed E-state index contributed by atoms with van der Waals surface area (Å²) in [5, 5.41) is 0. The second-order valence-electron chi connectivity index (χ2n) is 4.45. The Labute approximate surface area is 117 Å². The molecule has 0 atom stereocenters. The highest BCUT2D eigenvalue weighted by Crippen LogP contribution is 2.39. The van der Waals surface area contributed by atoms with E-state index in [0.717, 1.165) is 5.56 Å². The first-order chi connectivity index (χ1) is 9.59. The molecule has 106 valence electrons. The number of allylic oxidation sites excluding steroid dienone is 1. The van der Waals surface area contributed by atoms with Crippen LogP contribution in [0.1, 0.15) is 17.5 Å². The Morgan fingerprint density at radius 3 is 2.30 bits per heavy atom. The molecule has 0 N–H and O–H groups in total. The van der Waals surface area contributed by atoms with Gasteiger partial charge in [0.25, 0.3) is 0 Å². The normalized spacial score (nSPS) is 15.2. The first kappa shape index (κ1) is 14.1. The quantitative estimate of drug-likeness (QED) is 0.621. The zero-order valence-corrected chi connectivity index (χ0v) is 11.6. The Morgan fingerprint density at radius 2 is 1.75 bits per heavy atom. The van der Waals surface area contributed by atoms with Gasteiger partial charge in [0.05, 0.1) is 21.3 Å². The fraction of sp³-hybridized carbons (Fsp3) is 0.333. The maximum absolute atomic E-state index is 12.3. The molecule has 5 nitrogen and oxygen atoms in total. The summed E-state index contributed by atoms with van der Waals surface area (Å²) in [5.74, 6) is -0.706. The fourth-order valence-corrected chi connectivity index (χ4v) is 2.47. The van der Waals surface area contributed by atoms with Gasteiger partial charge < -0.3 is 14.2 Å². The number of hydrogen-bond donors (Lipinski definition) is 0. The highest BCUT2D eigenvalue weighted by atomic mass is 16.5. The maximum atomic E-state index is 12.3. The minimum Gasteiger partial charge on any atom is -0.497 e. The van der Waals surface area contributed by atoms with E-state index in [9.17, 15) is 9.59 Å². The minimum absolute atomic E-state index is 0.201. The Hall–Kier alpha value is -2.30. The Morgan fingerprint density at radius 1 is 1.10 bits per heavy atom. The molecule has 1 aliphatic carbocycles. The number of esters is 2. The predicted molar refractivity (Wildman–Crippen MR) is 72.4 cm³/mol. The van der Waals surface area contributed by atoms with Crippen molar-refractivity contribution in [1.82, 2.24) is 0 Å². The van der Waals surface area contributed by atoms with Crippen molar-refractivity contribution in [2.45, 2.75) is 11.8 Å². The number of benzene rings is 1. The van der Waals surface area contributed by atoms with E-state index in [1.165, 1.54) is 21.3 Å². The molecule has 2 rings (SSSR count). The van der Waals surface area contributed by atoms with Gasteiger partial charge in [0.2, 0.25) is 0 Å². The molecule has 1 aromatic rings. The van der Waals surface area contributed by atoms with Crippen LogP contribution >= 0.6 is 0 Å². The number of hydrogen-bond acceptors (Lipinski definition) is 5. The molecule has 0 radical (unpaired) electrons. The molecular weight excluding hydrogens is 260 g/mol. The summed E-state index contributed by atoms with van der Waals surface area (Å²) >= 11 is 0. The summed E-state index contributed by atoms with van der Waals surface area (Å²) in [5.41, 5.74) is -0.159. The van der Waals surface area contributed by atoms with Crippen LogP contribution in [0.5, 0.6) is 5.75 Å². The standard InChI is InChI=1S/C15H16O5/c1-18-11-7-6-10-5-4-8-15(12(10)9-11,13(16)19-2)14(17)20-3/h4-7,9H,8H2,1-3H3. The third kappa shape index (κ3) is 1.95. The summed E-state index contributed by atoms with van der Waals surface area (Å²) in [7, 11) is 4.04. The minimum atomic E-state index is -1.47. The number of rotatable bonds is 3. The number of methoxy groups -OCH3 is 3. The highest BCUT2D eigenvalue weighted by molar-refractivity contribution is 6.08. The van der Waals surface area contributed by atoms with Crippen molar-refractivity contribution in [1.29, 1.82) is 0 Å². The first-order valence-corrected chi connectivity index (χ1v) is 6.12. The van der Waals surface area contributed by atoms with E-state index in [1.807, 2.05) is 6.08 Å². The van der Waals surface area contributed by atoms with Crippen molar-refractivity contribution < 1.29 is 23.8 Å². The van der Waals surface area contributed by atoms with Gasteiger partial charge in [-0.15, -0.1) is 0 Å². The summed E-state index contributed by atoms with van der Waals surface area (Å²) in [6, 6.07) is 5.24. The van der Waals surface area contributed by atoms with Crippen LogP contribution in [0.4, 0.5) is 0 Å². The molecule has 0 heterocycles. The smallest absolute Gasteiger partial charge is 0.328 e. The van der Waals surface area contributed by atoms with E-state index in [0.29, 0.717) is 11.3 Å². The van der Waals surface area contributed by atoms with Crippen LogP contribution in [0.2, 0.25) is 0 Å². The Kier molecular flexibility index (Phi) is 3.79. The molecule has 1 aliphatic rings. The lowest BCUT2D eigenvalue weighted by Gasteiger charge is -2.31. The van der Waals surface area contributed by atoms with Crippen molar-refractivity contribution in [3.8, 4) is 5.75 Å². The van der Waals surface area contributed by atoms with Crippen LogP contribution in [-0.2, 0) is 24.5 Å². The van der Waals surface area contributed by atoms with Gasteiger partial charge in [-0.05, 0) is 29.7 Å². The second-order valence-corrected chi connectivity index (χ2v) is 4.45. The van der Waals surface area contributed by atoms with Crippen LogP contribution < -0.4 is 4.74 Å². The number of fused-ring (bicyclic) bond motifs is 1. The lowest BCUT2D eigenvalue weighted by Crippen LogP contribution is -2.46. The molecule has 0 saturated heterocycles. The van der Waals surface area contributed by atoms with Crippen molar-refractivity contribution in [3.63, 3.8) is 0 Å². The van der Waals surface area contributed by atoms with Gasteiger partial charge in [-0.25, -0.2) is 0 Å². The molecule has 0 aliphatic heterocycles. The molecule has 20 heavy (non-hydrogen) atoms. The lowest BCUT2D eigenvalue weighted by atomic mass is 9.72. The van der Waals surface area contributed by atoms with Gasteiger partial charge in [-0.2, -0.15) is 0 Å². The molecule has 0 fully saturated rings. The highest BCUT2D eigenvalue weighted by Gasteiger charge is 2.51. The van der Waals surface area contributed by atoms with Crippen molar-refractivity contribution >= 4 is 18.0 Å². The van der Waals surface area contributed by atoms with E-state index in [-0.39, 0.29) is 6.42 Å². The third-order valence-electron chi connectivity index (χ3n) is 3.51. The van der Waals surface area contributed by atoms with Crippen LogP contribution in [0.25, 0.3) is 6.08 Å². The molecule has 5 heteroatoms. The molecule has 0 bridgehead atoms. The molecule has 0 unspecified atom stereocenters. The Bertz CT molecular complexity index is 558. The Balaban J connectivity index is 2.69. The third-order valence-corrected chi connectivity index (χ3v) is 3.51. The summed E-state index contributed by atoms with van der Waals surface area (Å²) in [6.45, 7) is 0. The van der Waals surface area contributed by atoms with Crippen LogP contribution in [-0.4, -0.2) is 33.3 Å². The summed E-state index contributed by atoms with van der Waals surface area (Å²) < 4.78 is 14.8. The zero-order valence-electron chi connectivity index (χ0n) is 11.6. The van der Waals surface area contributed by atoms with Crippen LogP contribution in [0.15, 0.2) is 24.3 Å². The van der Waals surface area contributed by atoms with Gasteiger partial charge >= 0.3 is 11.9 Å². The first-order valence-electron chi connectivity index (χ1n) is 6.12. The summed E-state index contributed by atoms with van der Waals surface area (Å²) in [4.78, 5) is 24.5. The van der Waals surface area contributed by atoms with Crippen molar-refractivity contribution in [3.05, 3.63) is 35.4 Å². The second kappa shape index (κ2) is 5.36. The number of ether oxygens (including phenoxy) is 3. The van der Waals surface area contributed by atoms with Crippen LogP contribution in [0.3, 0.4) is 0 Å². The van der Waals surface area contributed by atoms with Gasteiger partial charge in [0, 0.05) is 0 Å². The topological polar surface area (TPSA) is 61.8 Å². The van der Waals surface area contributed by atoms with E-state index >= 15 is 0 Å². The maximum Gasteiger partial charge on any atom is 0.328 e. The fourth-order valence-electron chi connectivity index (χ4n) is 2.47. The molecule has 0 aromatic heterocycles. The lowest BCUT2D eigenvalue weighted by molar-refractivity contribution is -0.162. The molecule has 0 saturated carbocycles. The number of carbonyl (C=O) groups is 2. The molecule has 0 amide bonds. The van der Waals surface area contributed by atoms with Gasteiger partial charge in [-0.3, -0.25) is 9.59 Å². The van der Waals surface area contributed by atoms with E-state index < -0.39 is 17.4 Å². The molecular formula is C15H16O5. The predicted octanol–water partition coefficient (Wildman–Crippen LogP) is 1.70. The van der Waals surface area contributed by atoms with Gasteiger partial charge in [0.1, 0.15) is 5.75 Å². The average Bonchev–Trinajstić information content (AvgIpc) is 2.51. The van der Waals surface area contributed by atoms with Crippen molar-refractivity contribution in [2.24, 2.45) is 0 Å². The molecule has 0 spiro atoms. The van der Waals surface area contributed by atoms with Crippen molar-refractivity contribution in [2.75, 3.05) is 21.3 Å². The number of carbonyl (C=O) groups excluding carboxylic acids is 2. The summed E-state index contributed by atoms with van der Waals surface area (Å²) in [6.07, 6.45) is 3.83. The largest absolute Gasteiger partial charge is 0.497 e. The van der Waals surface area contributed by atoms with Gasteiger partial charge in [0.15, 0.2) is 5.41 Å². The monoisotopic (exact) mass is 276 g/mol. The zero-order chi connectivity index (χ0) is 14.8. The van der Waals surface area contributed by atoms with E-state index in [4.69, 9.17) is 14.2 Å². The SMILES string of the molecule is COC(=O)C1(C(=O)OC)CC=Cc2ccc(OC)cc21. The average molecular weight is 276 g/mol. The van der Waals surface area contributed by atoms with E-state index in [2.05, 4.69) is 0 Å². The molecule has 1 aromatic carbocycles. The van der Waals surface area contributed by atoms with E-state index in [1.54, 1.807) is 24.3 Å². The van der Waals surface area contributed by atoms with Gasteiger partial charge in [-0.1, -0.05) is 18.2 Å². The van der Waals surface area contributed by atoms with Crippen LogP contribution in [0, 0.1) is 0 Å².